The minimum atomic E-state index is 0.141. The summed E-state index contributed by atoms with van der Waals surface area (Å²) in [5.74, 6) is 0.141. The topological polar surface area (TPSA) is 58.4 Å². The summed E-state index contributed by atoms with van der Waals surface area (Å²) >= 11 is 0. The van der Waals surface area contributed by atoms with Gasteiger partial charge in [0.05, 0.1) is 0 Å². The van der Waals surface area contributed by atoms with E-state index in [4.69, 9.17) is 5.73 Å². The summed E-state index contributed by atoms with van der Waals surface area (Å²) in [7, 11) is 2.10. The zero-order valence-electron chi connectivity index (χ0n) is 11.6. The van der Waals surface area contributed by atoms with E-state index in [1.165, 1.54) is 0 Å². The van der Waals surface area contributed by atoms with Gasteiger partial charge in [-0.2, -0.15) is 0 Å². The Bertz CT molecular complexity index is 433. The Hall–Kier alpha value is -1.55. The predicted molar refractivity (Wildman–Crippen MR) is 77.8 cm³/mol. The van der Waals surface area contributed by atoms with Crippen molar-refractivity contribution in [3.63, 3.8) is 0 Å². The molecule has 0 radical (unpaired) electrons. The van der Waals surface area contributed by atoms with E-state index in [9.17, 15) is 4.79 Å². The zero-order chi connectivity index (χ0) is 13.7. The van der Waals surface area contributed by atoms with Crippen LogP contribution in [0.1, 0.15) is 24.8 Å². The molecule has 1 heterocycles. The van der Waals surface area contributed by atoms with E-state index in [1.807, 2.05) is 24.3 Å². The van der Waals surface area contributed by atoms with Crippen molar-refractivity contribution in [3.8, 4) is 0 Å². The molecule has 0 spiro atoms. The monoisotopic (exact) mass is 261 g/mol. The number of nitrogens with one attached hydrogen (secondary N) is 1. The number of carbonyl (C=O) groups excluding carboxylic acids is 1. The van der Waals surface area contributed by atoms with Crippen molar-refractivity contribution in [3.05, 3.63) is 29.8 Å². The average molecular weight is 261 g/mol. The first-order valence-electron chi connectivity index (χ1n) is 6.96. The number of amides is 1. The third kappa shape index (κ3) is 4.56. The van der Waals surface area contributed by atoms with Gasteiger partial charge in [-0.05, 0) is 50.6 Å². The van der Waals surface area contributed by atoms with Crippen LogP contribution in [0.5, 0.6) is 0 Å². The van der Waals surface area contributed by atoms with E-state index in [-0.39, 0.29) is 5.91 Å². The first-order chi connectivity index (χ1) is 9.13. The molecule has 0 aromatic heterocycles. The molecule has 3 N–H and O–H groups in total. The lowest BCUT2D eigenvalue weighted by atomic mass is 10.1. The number of nitrogen functional groups attached to an aromatic ring is 1. The molecule has 2 rings (SSSR count). The highest BCUT2D eigenvalue weighted by Crippen LogP contribution is 2.10. The molecule has 0 aliphatic carbocycles. The maximum atomic E-state index is 11.9. The minimum Gasteiger partial charge on any atom is -0.399 e. The Labute approximate surface area is 115 Å². The first kappa shape index (κ1) is 13.9. The number of hydrogen-bond acceptors (Lipinski definition) is 3. The number of piperidine rings is 1. The van der Waals surface area contributed by atoms with Crippen LogP contribution in [-0.4, -0.2) is 37.0 Å². The van der Waals surface area contributed by atoms with E-state index >= 15 is 0 Å². The van der Waals surface area contributed by atoms with Gasteiger partial charge in [-0.15, -0.1) is 0 Å². The van der Waals surface area contributed by atoms with Gasteiger partial charge in [0.1, 0.15) is 0 Å². The lowest BCUT2D eigenvalue weighted by molar-refractivity contribution is -0.122. The van der Waals surface area contributed by atoms with Crippen LogP contribution in [0.4, 0.5) is 5.69 Å². The summed E-state index contributed by atoms with van der Waals surface area (Å²) in [4.78, 5) is 14.2. The Morgan fingerprint density at radius 3 is 3.11 bits per heavy atom. The van der Waals surface area contributed by atoms with Crippen molar-refractivity contribution < 1.29 is 4.79 Å². The summed E-state index contributed by atoms with van der Waals surface area (Å²) in [6.45, 7) is 2.10. The molecule has 4 heteroatoms. The Kier molecular flexibility index (Phi) is 4.80. The van der Waals surface area contributed by atoms with Crippen LogP contribution in [0, 0.1) is 0 Å². The van der Waals surface area contributed by atoms with E-state index in [2.05, 4.69) is 17.3 Å². The Balaban J connectivity index is 1.75. The molecule has 1 fully saturated rings. The maximum Gasteiger partial charge on any atom is 0.220 e. The van der Waals surface area contributed by atoms with Gasteiger partial charge in [0.15, 0.2) is 0 Å². The summed E-state index contributed by atoms with van der Waals surface area (Å²) in [5.41, 5.74) is 7.60. The summed E-state index contributed by atoms with van der Waals surface area (Å²) < 4.78 is 0. The number of nitrogens with zero attached hydrogens (tertiary/aromatic N) is 1. The molecule has 1 aliphatic rings. The molecule has 0 saturated carbocycles. The van der Waals surface area contributed by atoms with Crippen molar-refractivity contribution in [2.24, 2.45) is 0 Å². The molecule has 1 aromatic carbocycles. The molecule has 1 atom stereocenters. The van der Waals surface area contributed by atoms with Gasteiger partial charge in [-0.25, -0.2) is 0 Å². The highest BCUT2D eigenvalue weighted by molar-refractivity contribution is 5.76. The number of rotatable bonds is 4. The highest BCUT2D eigenvalue weighted by Gasteiger charge is 2.18. The SMILES string of the molecule is CN1CCCC(NC(=O)CCc2cccc(N)c2)C1. The second-order valence-corrected chi connectivity index (χ2v) is 5.41. The van der Waals surface area contributed by atoms with Gasteiger partial charge in [0, 0.05) is 24.7 Å². The second-order valence-electron chi connectivity index (χ2n) is 5.41. The van der Waals surface area contributed by atoms with Gasteiger partial charge < -0.3 is 16.0 Å². The maximum absolute atomic E-state index is 11.9. The minimum absolute atomic E-state index is 0.141. The Morgan fingerprint density at radius 1 is 1.53 bits per heavy atom. The van der Waals surface area contributed by atoms with Crippen LogP contribution in [0.25, 0.3) is 0 Å². The first-order valence-corrected chi connectivity index (χ1v) is 6.96. The molecule has 0 bridgehead atoms. The Morgan fingerprint density at radius 2 is 2.37 bits per heavy atom. The molecule has 104 valence electrons. The molecule has 1 aromatic rings. The van der Waals surface area contributed by atoms with Crippen molar-refractivity contribution in [1.82, 2.24) is 10.2 Å². The highest BCUT2D eigenvalue weighted by atomic mass is 16.1. The molecule has 4 nitrogen and oxygen atoms in total. The van der Waals surface area contributed by atoms with E-state index < -0.39 is 0 Å². The standard InChI is InChI=1S/C15H23N3O/c1-18-9-3-6-14(11-18)17-15(19)8-7-12-4-2-5-13(16)10-12/h2,4-5,10,14H,3,6-9,11,16H2,1H3,(H,17,19). The lowest BCUT2D eigenvalue weighted by Gasteiger charge is -2.30. The third-order valence-corrected chi connectivity index (χ3v) is 3.58. The predicted octanol–water partition coefficient (Wildman–Crippen LogP) is 1.41. The lowest BCUT2D eigenvalue weighted by Crippen LogP contribution is -2.46. The second kappa shape index (κ2) is 6.57. The number of anilines is 1. The fraction of sp³-hybridized carbons (Fsp3) is 0.533. The number of likely N-dealkylation sites (tertiary alicyclic amines) is 1. The number of aryl methyl sites for hydroxylation is 1. The van der Waals surface area contributed by atoms with Crippen LogP contribution in [0.15, 0.2) is 24.3 Å². The summed E-state index contributed by atoms with van der Waals surface area (Å²) in [5, 5.41) is 3.12. The van der Waals surface area contributed by atoms with E-state index in [0.29, 0.717) is 12.5 Å². The number of benzene rings is 1. The molecular formula is C15H23N3O. The van der Waals surface area contributed by atoms with E-state index in [0.717, 1.165) is 43.6 Å². The van der Waals surface area contributed by atoms with Gasteiger partial charge in [-0.1, -0.05) is 12.1 Å². The number of nitrogens with two attached hydrogens (primary N) is 1. The quantitative estimate of drug-likeness (QED) is 0.806. The van der Waals surface area contributed by atoms with Crippen molar-refractivity contribution in [2.45, 2.75) is 31.7 Å². The molecular weight excluding hydrogens is 238 g/mol. The van der Waals surface area contributed by atoms with Crippen LogP contribution in [0.2, 0.25) is 0 Å². The van der Waals surface area contributed by atoms with Gasteiger partial charge in [-0.3, -0.25) is 4.79 Å². The van der Waals surface area contributed by atoms with Gasteiger partial charge in [0.25, 0.3) is 0 Å². The van der Waals surface area contributed by atoms with Crippen molar-refractivity contribution >= 4 is 11.6 Å². The van der Waals surface area contributed by atoms with Crippen LogP contribution in [0.3, 0.4) is 0 Å². The average Bonchev–Trinajstić information content (AvgIpc) is 2.36. The molecule has 1 aliphatic heterocycles. The summed E-state index contributed by atoms with van der Waals surface area (Å²) in [6.07, 6.45) is 3.54. The van der Waals surface area contributed by atoms with E-state index in [1.54, 1.807) is 0 Å². The van der Waals surface area contributed by atoms with Crippen LogP contribution < -0.4 is 11.1 Å². The van der Waals surface area contributed by atoms with Crippen LogP contribution in [-0.2, 0) is 11.2 Å². The zero-order valence-corrected chi connectivity index (χ0v) is 11.6. The molecule has 19 heavy (non-hydrogen) atoms. The fourth-order valence-corrected chi connectivity index (χ4v) is 2.59. The smallest absolute Gasteiger partial charge is 0.220 e. The fourth-order valence-electron chi connectivity index (χ4n) is 2.59. The van der Waals surface area contributed by atoms with Crippen molar-refractivity contribution in [2.75, 3.05) is 25.9 Å². The third-order valence-electron chi connectivity index (χ3n) is 3.58. The molecule has 1 amide bonds. The van der Waals surface area contributed by atoms with Gasteiger partial charge >= 0.3 is 0 Å². The van der Waals surface area contributed by atoms with Crippen LogP contribution >= 0.6 is 0 Å². The normalized spacial score (nSPS) is 20.2. The number of likely N-dealkylation sites (N-methyl/N-ethyl adjacent to an activating group) is 1. The molecule has 1 saturated heterocycles. The number of hydrogen-bond donors (Lipinski definition) is 2. The number of carbonyl (C=O) groups is 1. The van der Waals surface area contributed by atoms with Gasteiger partial charge in [0.2, 0.25) is 5.91 Å². The summed E-state index contributed by atoms with van der Waals surface area (Å²) in [6, 6.07) is 8.05. The van der Waals surface area contributed by atoms with Crippen molar-refractivity contribution in [1.29, 1.82) is 0 Å². The largest absolute Gasteiger partial charge is 0.399 e. The molecule has 1 unspecified atom stereocenters.